The highest BCUT2D eigenvalue weighted by Gasteiger charge is 2.30. The minimum atomic E-state index is -1.50. The molecule has 2 aromatic rings. The van der Waals surface area contributed by atoms with Gasteiger partial charge in [0.15, 0.2) is 11.3 Å². The van der Waals surface area contributed by atoms with E-state index >= 15 is 0 Å². The summed E-state index contributed by atoms with van der Waals surface area (Å²) in [5.74, 6) is -1.37. The molecule has 5 nitrogen and oxygen atoms in total. The number of hydrogen-bond donors (Lipinski definition) is 1. The largest absolute Gasteiger partial charge is 0.364 e. The Morgan fingerprint density at radius 3 is 3.00 bits per heavy atom. The van der Waals surface area contributed by atoms with Gasteiger partial charge in [-0.25, -0.2) is 18.4 Å². The minimum Gasteiger partial charge on any atom is -0.364 e. The van der Waals surface area contributed by atoms with E-state index in [4.69, 9.17) is 5.73 Å². The third-order valence-corrected chi connectivity index (χ3v) is 3.71. The predicted molar refractivity (Wildman–Crippen MR) is 77.4 cm³/mol. The van der Waals surface area contributed by atoms with Gasteiger partial charge in [-0.15, -0.1) is 0 Å². The summed E-state index contributed by atoms with van der Waals surface area (Å²) in [5.41, 5.74) is 4.48. The molecule has 3 rings (SSSR count). The number of aromatic nitrogens is 3. The number of nitrogens with zero attached hydrogens (tertiary/aromatic N) is 3. The van der Waals surface area contributed by atoms with Crippen LogP contribution in [0, 0.1) is 5.82 Å². The monoisotopic (exact) mass is 304 g/mol. The maximum absolute atomic E-state index is 14.5. The van der Waals surface area contributed by atoms with Gasteiger partial charge >= 0.3 is 0 Å². The van der Waals surface area contributed by atoms with Crippen molar-refractivity contribution < 1.29 is 13.6 Å². The van der Waals surface area contributed by atoms with Crippen LogP contribution in [-0.4, -0.2) is 26.3 Å². The standard InChI is InChI=1S/C15H14F2N4O/c1-15(17)5-3-2-4-9(15)8-21-14-11(6-10(16)7-19-14)12(20-21)13(18)22/h2-4,6-7H,5,8H2,1H3,(H2,18,22). The second-order valence-corrected chi connectivity index (χ2v) is 5.42. The second-order valence-electron chi connectivity index (χ2n) is 5.42. The van der Waals surface area contributed by atoms with Crippen LogP contribution in [0.5, 0.6) is 0 Å². The first-order valence-corrected chi connectivity index (χ1v) is 6.75. The number of pyridine rings is 1. The van der Waals surface area contributed by atoms with E-state index in [0.29, 0.717) is 11.2 Å². The normalized spacial score (nSPS) is 21.1. The molecule has 2 heterocycles. The Morgan fingerprint density at radius 2 is 2.32 bits per heavy atom. The van der Waals surface area contributed by atoms with Crippen LogP contribution in [0.25, 0.3) is 11.0 Å². The maximum atomic E-state index is 14.5. The van der Waals surface area contributed by atoms with Gasteiger partial charge in [0.2, 0.25) is 0 Å². The Hall–Kier alpha value is -2.57. The number of primary amides is 1. The van der Waals surface area contributed by atoms with Crippen LogP contribution < -0.4 is 5.73 Å². The fourth-order valence-corrected chi connectivity index (χ4v) is 2.48. The topological polar surface area (TPSA) is 73.8 Å². The predicted octanol–water partition coefficient (Wildman–Crippen LogP) is 2.28. The van der Waals surface area contributed by atoms with E-state index in [-0.39, 0.29) is 24.0 Å². The zero-order chi connectivity index (χ0) is 15.9. The van der Waals surface area contributed by atoms with Crippen LogP contribution in [0.15, 0.2) is 36.1 Å². The van der Waals surface area contributed by atoms with Crippen molar-refractivity contribution in [2.24, 2.45) is 5.73 Å². The van der Waals surface area contributed by atoms with Gasteiger partial charge in [0.1, 0.15) is 11.5 Å². The van der Waals surface area contributed by atoms with Crippen molar-refractivity contribution in [2.45, 2.75) is 25.6 Å². The molecular formula is C15H14F2N4O. The summed E-state index contributed by atoms with van der Waals surface area (Å²) >= 11 is 0. The number of nitrogens with two attached hydrogens (primary N) is 1. The molecule has 1 aliphatic carbocycles. The van der Waals surface area contributed by atoms with Crippen molar-refractivity contribution >= 4 is 16.9 Å². The lowest BCUT2D eigenvalue weighted by atomic mass is 9.90. The molecule has 2 aromatic heterocycles. The van der Waals surface area contributed by atoms with Crippen LogP contribution >= 0.6 is 0 Å². The molecule has 0 radical (unpaired) electrons. The summed E-state index contributed by atoms with van der Waals surface area (Å²) in [5, 5.41) is 4.29. The van der Waals surface area contributed by atoms with Crippen LogP contribution in [0.3, 0.4) is 0 Å². The number of alkyl halides is 1. The molecule has 0 bridgehead atoms. The molecule has 2 N–H and O–H groups in total. The number of allylic oxidation sites excluding steroid dienone is 4. The molecule has 1 aliphatic rings. The molecule has 1 amide bonds. The lowest BCUT2D eigenvalue weighted by Gasteiger charge is -2.25. The van der Waals surface area contributed by atoms with E-state index in [1.165, 1.54) is 11.6 Å². The van der Waals surface area contributed by atoms with Crippen molar-refractivity contribution in [3.8, 4) is 0 Å². The molecular weight excluding hydrogens is 290 g/mol. The quantitative estimate of drug-likeness (QED) is 0.945. The van der Waals surface area contributed by atoms with Crippen LogP contribution in [-0.2, 0) is 6.54 Å². The summed E-state index contributed by atoms with van der Waals surface area (Å²) in [6.07, 6.45) is 6.47. The number of hydrogen-bond acceptors (Lipinski definition) is 3. The van der Waals surface area contributed by atoms with Gasteiger partial charge in [0, 0.05) is 6.42 Å². The lowest BCUT2D eigenvalue weighted by molar-refractivity contribution is 0.0996. The van der Waals surface area contributed by atoms with Crippen molar-refractivity contribution in [2.75, 3.05) is 0 Å². The second kappa shape index (κ2) is 5.01. The van der Waals surface area contributed by atoms with Crippen molar-refractivity contribution in [1.29, 1.82) is 0 Å². The summed E-state index contributed by atoms with van der Waals surface area (Å²) in [4.78, 5) is 15.4. The zero-order valence-electron chi connectivity index (χ0n) is 11.9. The van der Waals surface area contributed by atoms with Gasteiger partial charge in [-0.3, -0.25) is 4.79 Å². The molecule has 114 valence electrons. The average Bonchev–Trinajstić information content (AvgIpc) is 2.79. The third-order valence-electron chi connectivity index (χ3n) is 3.71. The van der Waals surface area contributed by atoms with Gasteiger partial charge in [-0.1, -0.05) is 18.2 Å². The minimum absolute atomic E-state index is 0.0745. The molecule has 0 spiro atoms. The summed E-state index contributed by atoms with van der Waals surface area (Å²) < 4.78 is 29.2. The third kappa shape index (κ3) is 2.38. The van der Waals surface area contributed by atoms with Crippen LogP contribution in [0.1, 0.15) is 23.8 Å². The molecule has 0 aromatic carbocycles. The van der Waals surface area contributed by atoms with E-state index in [2.05, 4.69) is 10.1 Å². The molecule has 22 heavy (non-hydrogen) atoms. The number of halogens is 2. The van der Waals surface area contributed by atoms with E-state index in [9.17, 15) is 13.6 Å². The Bertz CT molecular complexity index is 820. The molecule has 0 saturated carbocycles. The van der Waals surface area contributed by atoms with Gasteiger partial charge in [-0.05, 0) is 18.6 Å². The molecule has 7 heteroatoms. The Balaban J connectivity index is 2.10. The first kappa shape index (κ1) is 14.4. The maximum Gasteiger partial charge on any atom is 0.269 e. The fourth-order valence-electron chi connectivity index (χ4n) is 2.48. The molecule has 0 saturated heterocycles. The van der Waals surface area contributed by atoms with E-state index in [0.717, 1.165) is 12.3 Å². The Labute approximate surface area is 125 Å². The van der Waals surface area contributed by atoms with Crippen molar-refractivity contribution in [1.82, 2.24) is 14.8 Å². The number of carbonyl (C=O) groups excluding carboxylic acids is 1. The summed E-state index contributed by atoms with van der Waals surface area (Å²) in [6, 6.07) is 1.15. The number of rotatable bonds is 3. The highest BCUT2D eigenvalue weighted by atomic mass is 19.1. The molecule has 1 atom stereocenters. The van der Waals surface area contributed by atoms with Crippen LogP contribution in [0.4, 0.5) is 8.78 Å². The Kier molecular flexibility index (Phi) is 3.27. The lowest BCUT2D eigenvalue weighted by Crippen LogP contribution is -2.26. The van der Waals surface area contributed by atoms with Gasteiger partial charge in [0.05, 0.1) is 18.1 Å². The number of amides is 1. The SMILES string of the molecule is CC1(F)CC=CC=C1Cn1nc(C(N)=O)c2cc(F)cnc21. The first-order valence-electron chi connectivity index (χ1n) is 6.75. The van der Waals surface area contributed by atoms with E-state index in [1.54, 1.807) is 18.2 Å². The number of carbonyl (C=O) groups is 1. The zero-order valence-corrected chi connectivity index (χ0v) is 11.9. The first-order chi connectivity index (χ1) is 10.4. The van der Waals surface area contributed by atoms with E-state index in [1.807, 2.05) is 0 Å². The van der Waals surface area contributed by atoms with Crippen molar-refractivity contribution in [3.63, 3.8) is 0 Å². The van der Waals surface area contributed by atoms with Crippen molar-refractivity contribution in [3.05, 3.63) is 47.6 Å². The highest BCUT2D eigenvalue weighted by molar-refractivity contribution is 6.03. The van der Waals surface area contributed by atoms with Gasteiger partial charge in [-0.2, -0.15) is 5.10 Å². The highest BCUT2D eigenvalue weighted by Crippen LogP contribution is 2.31. The molecule has 0 aliphatic heterocycles. The van der Waals surface area contributed by atoms with Gasteiger partial charge in [0.25, 0.3) is 5.91 Å². The molecule has 1 unspecified atom stereocenters. The average molecular weight is 304 g/mol. The van der Waals surface area contributed by atoms with E-state index < -0.39 is 17.4 Å². The summed E-state index contributed by atoms with van der Waals surface area (Å²) in [6.45, 7) is 1.59. The summed E-state index contributed by atoms with van der Waals surface area (Å²) in [7, 11) is 0. The fraction of sp³-hybridized carbons (Fsp3) is 0.267. The Morgan fingerprint density at radius 1 is 1.55 bits per heavy atom. The van der Waals surface area contributed by atoms with Gasteiger partial charge < -0.3 is 5.73 Å². The van der Waals surface area contributed by atoms with Crippen LogP contribution in [0.2, 0.25) is 0 Å². The number of fused-ring (bicyclic) bond motifs is 1. The smallest absolute Gasteiger partial charge is 0.269 e. The molecule has 0 fully saturated rings.